The molecular weight excluding hydrogens is 254 g/mol. The first-order chi connectivity index (χ1) is 9.83. The summed E-state index contributed by atoms with van der Waals surface area (Å²) in [7, 11) is 0. The van der Waals surface area contributed by atoms with Gasteiger partial charge in [-0.15, -0.1) is 5.10 Å². The molecule has 104 valence electrons. The molecule has 1 saturated carbocycles. The highest BCUT2D eigenvalue weighted by atomic mass is 16.2. The summed E-state index contributed by atoms with van der Waals surface area (Å²) < 4.78 is 1.46. The van der Waals surface area contributed by atoms with Gasteiger partial charge < -0.3 is 4.90 Å². The Morgan fingerprint density at radius 2 is 2.10 bits per heavy atom. The summed E-state index contributed by atoms with van der Waals surface area (Å²) in [5.74, 6) is 0.642. The van der Waals surface area contributed by atoms with Gasteiger partial charge in [-0.3, -0.25) is 4.79 Å². The molecular formula is C14H17N5O. The number of aromatic nitrogens is 4. The minimum Gasteiger partial charge on any atom is -0.311 e. The molecule has 0 unspecified atom stereocenters. The standard InChI is InChI=1S/C14H17N5O/c20-14(10-18-11-15-16-17-18)19(9-12-5-4-6-12)13-7-2-1-3-8-13/h1-3,7-8,11-12H,4-6,9-10H2. The molecule has 1 heterocycles. The van der Waals surface area contributed by atoms with Crippen molar-refractivity contribution in [2.24, 2.45) is 5.92 Å². The van der Waals surface area contributed by atoms with Gasteiger partial charge in [0.05, 0.1) is 0 Å². The first-order valence-corrected chi connectivity index (χ1v) is 6.89. The van der Waals surface area contributed by atoms with Crippen LogP contribution in [0.4, 0.5) is 5.69 Å². The SMILES string of the molecule is O=C(Cn1cnnn1)N(CC1CCC1)c1ccccc1. The summed E-state index contributed by atoms with van der Waals surface area (Å²) in [4.78, 5) is 14.3. The van der Waals surface area contributed by atoms with Gasteiger partial charge in [-0.2, -0.15) is 0 Å². The van der Waals surface area contributed by atoms with Crippen molar-refractivity contribution in [2.75, 3.05) is 11.4 Å². The maximum absolute atomic E-state index is 12.5. The van der Waals surface area contributed by atoms with Crippen LogP contribution in [-0.2, 0) is 11.3 Å². The molecule has 0 spiro atoms. The molecule has 0 saturated heterocycles. The Balaban J connectivity index is 1.75. The zero-order valence-corrected chi connectivity index (χ0v) is 11.2. The van der Waals surface area contributed by atoms with Gasteiger partial charge in [0.15, 0.2) is 0 Å². The van der Waals surface area contributed by atoms with Gasteiger partial charge in [0.1, 0.15) is 12.9 Å². The Morgan fingerprint density at radius 1 is 1.30 bits per heavy atom. The largest absolute Gasteiger partial charge is 0.311 e. The summed E-state index contributed by atoms with van der Waals surface area (Å²) in [5.41, 5.74) is 0.942. The summed E-state index contributed by atoms with van der Waals surface area (Å²) >= 11 is 0. The molecule has 0 bridgehead atoms. The van der Waals surface area contributed by atoms with E-state index < -0.39 is 0 Å². The minimum absolute atomic E-state index is 0.0235. The number of hydrogen-bond acceptors (Lipinski definition) is 4. The van der Waals surface area contributed by atoms with Gasteiger partial charge in [-0.25, -0.2) is 4.68 Å². The van der Waals surface area contributed by atoms with Crippen LogP contribution in [0.3, 0.4) is 0 Å². The van der Waals surface area contributed by atoms with E-state index in [4.69, 9.17) is 0 Å². The van der Waals surface area contributed by atoms with Crippen molar-refractivity contribution in [1.82, 2.24) is 20.2 Å². The zero-order valence-electron chi connectivity index (χ0n) is 11.2. The molecule has 1 amide bonds. The molecule has 0 aliphatic heterocycles. The van der Waals surface area contributed by atoms with Crippen LogP contribution in [0, 0.1) is 5.92 Å². The summed E-state index contributed by atoms with van der Waals surface area (Å²) in [6, 6.07) is 9.80. The van der Waals surface area contributed by atoms with E-state index in [9.17, 15) is 4.79 Å². The van der Waals surface area contributed by atoms with Crippen LogP contribution in [-0.4, -0.2) is 32.7 Å². The molecule has 6 nitrogen and oxygen atoms in total. The predicted octanol–water partition coefficient (Wildman–Crippen LogP) is 1.51. The molecule has 1 aromatic carbocycles. The average Bonchev–Trinajstić information content (AvgIpc) is 2.91. The minimum atomic E-state index is 0.0235. The van der Waals surface area contributed by atoms with Crippen LogP contribution in [0.5, 0.6) is 0 Å². The van der Waals surface area contributed by atoms with Crippen LogP contribution in [0.25, 0.3) is 0 Å². The van der Waals surface area contributed by atoms with Crippen LogP contribution in [0.1, 0.15) is 19.3 Å². The number of nitrogens with zero attached hydrogens (tertiary/aromatic N) is 5. The van der Waals surface area contributed by atoms with Crippen LogP contribution < -0.4 is 4.90 Å². The third-order valence-electron chi connectivity index (χ3n) is 3.72. The predicted molar refractivity (Wildman–Crippen MR) is 74.0 cm³/mol. The van der Waals surface area contributed by atoms with Gasteiger partial charge in [0, 0.05) is 12.2 Å². The molecule has 20 heavy (non-hydrogen) atoms. The van der Waals surface area contributed by atoms with E-state index in [1.807, 2.05) is 35.2 Å². The number of hydrogen-bond donors (Lipinski definition) is 0. The smallest absolute Gasteiger partial charge is 0.248 e. The van der Waals surface area contributed by atoms with Crippen molar-refractivity contribution in [3.05, 3.63) is 36.7 Å². The molecule has 1 fully saturated rings. The van der Waals surface area contributed by atoms with Crippen molar-refractivity contribution >= 4 is 11.6 Å². The van der Waals surface area contributed by atoms with Crippen molar-refractivity contribution in [3.63, 3.8) is 0 Å². The van der Waals surface area contributed by atoms with Crippen molar-refractivity contribution in [1.29, 1.82) is 0 Å². The zero-order chi connectivity index (χ0) is 13.8. The number of carbonyl (C=O) groups is 1. The lowest BCUT2D eigenvalue weighted by molar-refractivity contribution is -0.119. The van der Waals surface area contributed by atoms with E-state index in [0.29, 0.717) is 5.92 Å². The highest BCUT2D eigenvalue weighted by molar-refractivity contribution is 5.93. The lowest BCUT2D eigenvalue weighted by Gasteiger charge is -2.32. The quantitative estimate of drug-likeness (QED) is 0.826. The first kappa shape index (κ1) is 12.8. The highest BCUT2D eigenvalue weighted by Crippen LogP contribution is 2.29. The Bertz CT molecular complexity index is 550. The summed E-state index contributed by atoms with van der Waals surface area (Å²) in [5, 5.41) is 10.9. The van der Waals surface area contributed by atoms with Gasteiger partial charge >= 0.3 is 0 Å². The second kappa shape index (κ2) is 5.81. The van der Waals surface area contributed by atoms with Crippen molar-refractivity contribution in [2.45, 2.75) is 25.8 Å². The highest BCUT2D eigenvalue weighted by Gasteiger charge is 2.24. The average molecular weight is 271 g/mol. The van der Waals surface area contributed by atoms with E-state index >= 15 is 0 Å². The fraction of sp³-hybridized carbons (Fsp3) is 0.429. The number of benzene rings is 1. The number of amides is 1. The molecule has 1 aliphatic carbocycles. The number of para-hydroxylation sites is 1. The van der Waals surface area contributed by atoms with Gasteiger partial charge in [0.2, 0.25) is 5.91 Å². The summed E-state index contributed by atoms with van der Waals surface area (Å²) in [6.07, 6.45) is 5.15. The molecule has 1 aliphatic rings. The lowest BCUT2D eigenvalue weighted by atomic mass is 9.85. The monoisotopic (exact) mass is 271 g/mol. The fourth-order valence-corrected chi connectivity index (χ4v) is 2.37. The maximum Gasteiger partial charge on any atom is 0.248 e. The van der Waals surface area contributed by atoms with Crippen molar-refractivity contribution in [3.8, 4) is 0 Å². The molecule has 0 atom stereocenters. The van der Waals surface area contributed by atoms with Crippen molar-refractivity contribution < 1.29 is 4.79 Å². The summed E-state index contributed by atoms with van der Waals surface area (Å²) in [6.45, 7) is 0.958. The Morgan fingerprint density at radius 3 is 2.70 bits per heavy atom. The molecule has 0 radical (unpaired) electrons. The topological polar surface area (TPSA) is 63.9 Å². The number of anilines is 1. The fourth-order valence-electron chi connectivity index (χ4n) is 2.37. The molecule has 1 aromatic heterocycles. The Hall–Kier alpha value is -2.24. The van der Waals surface area contributed by atoms with E-state index in [-0.39, 0.29) is 12.5 Å². The van der Waals surface area contributed by atoms with Crippen LogP contribution in [0.15, 0.2) is 36.7 Å². The maximum atomic E-state index is 12.5. The van der Waals surface area contributed by atoms with E-state index in [2.05, 4.69) is 15.5 Å². The third kappa shape index (κ3) is 2.84. The number of rotatable bonds is 5. The first-order valence-electron chi connectivity index (χ1n) is 6.89. The number of carbonyl (C=O) groups excluding carboxylic acids is 1. The van der Waals surface area contributed by atoms with Gasteiger partial charge in [-0.1, -0.05) is 24.6 Å². The molecule has 6 heteroatoms. The normalized spacial score (nSPS) is 14.8. The van der Waals surface area contributed by atoms with E-state index in [1.54, 1.807) is 0 Å². The second-order valence-corrected chi connectivity index (χ2v) is 5.14. The van der Waals surface area contributed by atoms with Crippen LogP contribution in [0.2, 0.25) is 0 Å². The molecule has 0 N–H and O–H groups in total. The Kier molecular flexibility index (Phi) is 3.71. The second-order valence-electron chi connectivity index (χ2n) is 5.14. The van der Waals surface area contributed by atoms with Gasteiger partial charge in [-0.05, 0) is 41.3 Å². The van der Waals surface area contributed by atoms with Gasteiger partial charge in [0.25, 0.3) is 0 Å². The third-order valence-corrected chi connectivity index (χ3v) is 3.72. The number of tetrazole rings is 1. The Labute approximate surface area is 117 Å². The van der Waals surface area contributed by atoms with E-state index in [0.717, 1.165) is 12.2 Å². The molecule has 2 aromatic rings. The van der Waals surface area contributed by atoms with E-state index in [1.165, 1.54) is 30.3 Å². The van der Waals surface area contributed by atoms with Crippen LogP contribution >= 0.6 is 0 Å². The molecule has 3 rings (SSSR count). The lowest BCUT2D eigenvalue weighted by Crippen LogP contribution is -2.39.